The molecule has 2 heterocycles. The zero-order chi connectivity index (χ0) is 17.8. The minimum atomic E-state index is 0.0284. The van der Waals surface area contributed by atoms with Gasteiger partial charge in [0.2, 0.25) is 23.6 Å². The van der Waals surface area contributed by atoms with E-state index in [0.717, 1.165) is 0 Å². The molecule has 3 rings (SSSR count). The molecule has 0 radical (unpaired) electrons. The van der Waals surface area contributed by atoms with E-state index in [0.29, 0.717) is 61.4 Å². The first-order chi connectivity index (χ1) is 12.0. The maximum atomic E-state index is 12.3. The number of nitrogens with zero attached hydrogens (tertiary/aromatic N) is 4. The third kappa shape index (κ3) is 4.17. The van der Waals surface area contributed by atoms with Crippen molar-refractivity contribution in [2.75, 3.05) is 26.2 Å². The first-order valence-corrected chi connectivity index (χ1v) is 8.53. The van der Waals surface area contributed by atoms with Crippen molar-refractivity contribution in [2.45, 2.75) is 19.8 Å². The summed E-state index contributed by atoms with van der Waals surface area (Å²) in [5, 5.41) is 8.52. The minimum Gasteiger partial charge on any atom is -0.421 e. The van der Waals surface area contributed by atoms with Crippen LogP contribution in [0.15, 0.2) is 28.7 Å². The predicted octanol–water partition coefficient (Wildman–Crippen LogP) is 2.01. The van der Waals surface area contributed by atoms with Gasteiger partial charge in [-0.25, -0.2) is 0 Å². The molecule has 8 heteroatoms. The Labute approximate surface area is 150 Å². The SMILES string of the molecule is CC(=O)N1CCN(C(=O)CCc2nnc(-c3ccccc3Cl)o2)CC1. The lowest BCUT2D eigenvalue weighted by molar-refractivity contribution is -0.138. The molecule has 1 aliphatic heterocycles. The molecule has 1 aromatic carbocycles. The van der Waals surface area contributed by atoms with Crippen molar-refractivity contribution >= 4 is 23.4 Å². The zero-order valence-corrected chi connectivity index (χ0v) is 14.7. The zero-order valence-electron chi connectivity index (χ0n) is 13.9. The van der Waals surface area contributed by atoms with Crippen molar-refractivity contribution in [2.24, 2.45) is 0 Å². The van der Waals surface area contributed by atoms with E-state index in [9.17, 15) is 9.59 Å². The lowest BCUT2D eigenvalue weighted by atomic mass is 10.2. The van der Waals surface area contributed by atoms with Crippen molar-refractivity contribution in [3.8, 4) is 11.5 Å². The summed E-state index contributed by atoms with van der Waals surface area (Å²) in [6.07, 6.45) is 0.674. The molecule has 0 N–H and O–H groups in total. The van der Waals surface area contributed by atoms with Crippen LogP contribution in [-0.4, -0.2) is 58.0 Å². The highest BCUT2D eigenvalue weighted by atomic mass is 35.5. The molecule has 132 valence electrons. The Morgan fingerprint density at radius 1 is 1.12 bits per heavy atom. The Bertz CT molecular complexity index is 769. The summed E-state index contributed by atoms with van der Waals surface area (Å²) >= 11 is 6.11. The van der Waals surface area contributed by atoms with Crippen molar-refractivity contribution in [1.29, 1.82) is 0 Å². The number of aryl methyl sites for hydroxylation is 1. The van der Waals surface area contributed by atoms with E-state index < -0.39 is 0 Å². The van der Waals surface area contributed by atoms with Gasteiger partial charge < -0.3 is 14.2 Å². The second-order valence-electron chi connectivity index (χ2n) is 5.87. The smallest absolute Gasteiger partial charge is 0.249 e. The molecule has 0 saturated carbocycles. The molecule has 7 nitrogen and oxygen atoms in total. The molecule has 0 unspecified atom stereocenters. The first kappa shape index (κ1) is 17.4. The summed E-state index contributed by atoms with van der Waals surface area (Å²) in [5.41, 5.74) is 0.676. The molecule has 1 aromatic heterocycles. The average Bonchev–Trinajstić information content (AvgIpc) is 3.09. The number of carbonyl (C=O) groups excluding carboxylic acids is 2. The van der Waals surface area contributed by atoms with Gasteiger partial charge in [0, 0.05) is 45.9 Å². The van der Waals surface area contributed by atoms with Crippen LogP contribution in [0.3, 0.4) is 0 Å². The topological polar surface area (TPSA) is 79.5 Å². The highest BCUT2D eigenvalue weighted by Crippen LogP contribution is 2.26. The van der Waals surface area contributed by atoms with Gasteiger partial charge in [0.15, 0.2) is 0 Å². The molecule has 1 fully saturated rings. The fourth-order valence-electron chi connectivity index (χ4n) is 2.74. The molecule has 2 aromatic rings. The standard InChI is InChI=1S/C17H19ClN4O3/c1-12(23)21-8-10-22(11-9-21)16(24)7-6-15-19-20-17(25-15)13-4-2-3-5-14(13)18/h2-5H,6-11H2,1H3. The summed E-state index contributed by atoms with van der Waals surface area (Å²) < 4.78 is 5.61. The largest absolute Gasteiger partial charge is 0.421 e. The maximum absolute atomic E-state index is 12.3. The highest BCUT2D eigenvalue weighted by Gasteiger charge is 2.22. The number of hydrogen-bond donors (Lipinski definition) is 0. The van der Waals surface area contributed by atoms with Crippen LogP contribution in [0.2, 0.25) is 5.02 Å². The fourth-order valence-corrected chi connectivity index (χ4v) is 2.96. The molecule has 0 atom stereocenters. The number of hydrogen-bond acceptors (Lipinski definition) is 5. The number of rotatable bonds is 4. The third-order valence-corrected chi connectivity index (χ3v) is 4.53. The monoisotopic (exact) mass is 362 g/mol. The van der Waals surface area contributed by atoms with E-state index in [1.807, 2.05) is 12.1 Å². The normalized spacial score (nSPS) is 14.6. The van der Waals surface area contributed by atoms with Gasteiger partial charge in [-0.05, 0) is 12.1 Å². The Hall–Kier alpha value is -2.41. The van der Waals surface area contributed by atoms with Crippen LogP contribution in [0, 0.1) is 0 Å². The van der Waals surface area contributed by atoms with E-state index in [1.165, 1.54) is 0 Å². The summed E-state index contributed by atoms with van der Waals surface area (Å²) in [7, 11) is 0. The molecular formula is C17H19ClN4O3. The molecule has 0 spiro atoms. The number of halogens is 1. The van der Waals surface area contributed by atoms with E-state index in [1.54, 1.807) is 28.9 Å². The highest BCUT2D eigenvalue weighted by molar-refractivity contribution is 6.33. The van der Waals surface area contributed by atoms with Gasteiger partial charge in [-0.15, -0.1) is 10.2 Å². The van der Waals surface area contributed by atoms with Gasteiger partial charge in [0.05, 0.1) is 10.6 Å². The van der Waals surface area contributed by atoms with Crippen molar-refractivity contribution in [1.82, 2.24) is 20.0 Å². The van der Waals surface area contributed by atoms with E-state index in [4.69, 9.17) is 16.0 Å². The lowest BCUT2D eigenvalue weighted by Gasteiger charge is -2.34. The van der Waals surface area contributed by atoms with Gasteiger partial charge in [-0.1, -0.05) is 23.7 Å². The summed E-state index contributed by atoms with van der Waals surface area (Å²) in [4.78, 5) is 27.1. The van der Waals surface area contributed by atoms with Gasteiger partial charge in [-0.2, -0.15) is 0 Å². The molecule has 1 aliphatic rings. The van der Waals surface area contributed by atoms with Crippen LogP contribution >= 0.6 is 11.6 Å². The maximum Gasteiger partial charge on any atom is 0.249 e. The van der Waals surface area contributed by atoms with Gasteiger partial charge >= 0.3 is 0 Å². The Kier molecular flexibility index (Phi) is 5.33. The molecule has 1 saturated heterocycles. The van der Waals surface area contributed by atoms with Crippen LogP contribution in [0.1, 0.15) is 19.2 Å². The lowest BCUT2D eigenvalue weighted by Crippen LogP contribution is -2.50. The van der Waals surface area contributed by atoms with Gasteiger partial charge in [0.25, 0.3) is 0 Å². The Morgan fingerprint density at radius 3 is 2.48 bits per heavy atom. The van der Waals surface area contributed by atoms with E-state index in [-0.39, 0.29) is 11.8 Å². The summed E-state index contributed by atoms with van der Waals surface area (Å²) in [6, 6.07) is 7.23. The summed E-state index contributed by atoms with van der Waals surface area (Å²) in [6.45, 7) is 3.83. The van der Waals surface area contributed by atoms with Crippen LogP contribution in [0.5, 0.6) is 0 Å². The number of amides is 2. The van der Waals surface area contributed by atoms with Crippen molar-refractivity contribution in [3.63, 3.8) is 0 Å². The van der Waals surface area contributed by atoms with Crippen molar-refractivity contribution in [3.05, 3.63) is 35.2 Å². The first-order valence-electron chi connectivity index (χ1n) is 8.15. The van der Waals surface area contributed by atoms with Crippen LogP contribution < -0.4 is 0 Å². The predicted molar refractivity (Wildman–Crippen MR) is 91.9 cm³/mol. The number of piperazine rings is 1. The molecule has 2 amide bonds. The molecule has 25 heavy (non-hydrogen) atoms. The quantitative estimate of drug-likeness (QED) is 0.831. The van der Waals surface area contributed by atoms with Gasteiger partial charge in [-0.3, -0.25) is 9.59 Å². The molecule has 0 aliphatic carbocycles. The van der Waals surface area contributed by atoms with Crippen LogP contribution in [0.25, 0.3) is 11.5 Å². The third-order valence-electron chi connectivity index (χ3n) is 4.20. The Balaban J connectivity index is 1.53. The van der Waals surface area contributed by atoms with Crippen LogP contribution in [0.4, 0.5) is 0 Å². The van der Waals surface area contributed by atoms with Crippen molar-refractivity contribution < 1.29 is 14.0 Å². The number of aromatic nitrogens is 2. The second-order valence-corrected chi connectivity index (χ2v) is 6.27. The number of carbonyl (C=O) groups is 2. The second kappa shape index (κ2) is 7.65. The fraction of sp³-hybridized carbons (Fsp3) is 0.412. The molecule has 0 bridgehead atoms. The minimum absolute atomic E-state index is 0.0284. The average molecular weight is 363 g/mol. The van der Waals surface area contributed by atoms with E-state index >= 15 is 0 Å². The Morgan fingerprint density at radius 2 is 1.80 bits per heavy atom. The van der Waals surface area contributed by atoms with Crippen LogP contribution in [-0.2, 0) is 16.0 Å². The summed E-state index contributed by atoms with van der Waals surface area (Å²) in [5.74, 6) is 0.833. The van der Waals surface area contributed by atoms with E-state index in [2.05, 4.69) is 10.2 Å². The molecular weight excluding hydrogens is 344 g/mol. The number of benzene rings is 1. The van der Waals surface area contributed by atoms with Gasteiger partial charge in [0.1, 0.15) is 0 Å².